The minimum atomic E-state index is 0.468. The smallest absolute Gasteiger partial charge is 0.00913 e. The molecule has 0 aliphatic carbocycles. The van der Waals surface area contributed by atoms with Crippen molar-refractivity contribution >= 4 is 0 Å². The van der Waals surface area contributed by atoms with E-state index in [0.29, 0.717) is 5.41 Å². The van der Waals surface area contributed by atoms with Crippen LogP contribution < -0.4 is 0 Å². The SMILES string of the molecule is C#CCCC(C)(CCC)C(C)CC. The average Bonchev–Trinajstić information content (AvgIpc) is 2.14. The molecule has 0 saturated carbocycles. The van der Waals surface area contributed by atoms with Crippen LogP contribution in [-0.4, -0.2) is 0 Å². The van der Waals surface area contributed by atoms with Gasteiger partial charge in [0.2, 0.25) is 0 Å². The maximum absolute atomic E-state index is 5.32. The average molecular weight is 180 g/mol. The fourth-order valence-electron chi connectivity index (χ4n) is 2.04. The maximum atomic E-state index is 5.32. The van der Waals surface area contributed by atoms with Gasteiger partial charge in [-0.15, -0.1) is 12.3 Å². The highest BCUT2D eigenvalue weighted by Crippen LogP contribution is 2.38. The van der Waals surface area contributed by atoms with E-state index in [1.165, 1.54) is 25.7 Å². The van der Waals surface area contributed by atoms with Crippen LogP contribution in [0.2, 0.25) is 0 Å². The summed E-state index contributed by atoms with van der Waals surface area (Å²) in [7, 11) is 0. The summed E-state index contributed by atoms with van der Waals surface area (Å²) < 4.78 is 0. The lowest BCUT2D eigenvalue weighted by Crippen LogP contribution is -2.24. The third-order valence-electron chi connectivity index (χ3n) is 3.46. The lowest BCUT2D eigenvalue weighted by Gasteiger charge is -2.35. The Morgan fingerprint density at radius 3 is 2.31 bits per heavy atom. The van der Waals surface area contributed by atoms with Crippen molar-refractivity contribution in [1.82, 2.24) is 0 Å². The second-order valence-corrected chi connectivity index (χ2v) is 4.42. The van der Waals surface area contributed by atoms with Gasteiger partial charge in [0.15, 0.2) is 0 Å². The first-order valence-corrected chi connectivity index (χ1v) is 5.54. The summed E-state index contributed by atoms with van der Waals surface area (Å²) in [5.41, 5.74) is 0.468. The molecule has 0 aromatic heterocycles. The topological polar surface area (TPSA) is 0 Å². The van der Waals surface area contributed by atoms with Crippen LogP contribution in [0.3, 0.4) is 0 Å². The zero-order valence-electron chi connectivity index (χ0n) is 9.69. The van der Waals surface area contributed by atoms with E-state index < -0.39 is 0 Å². The molecule has 0 heteroatoms. The third kappa shape index (κ3) is 3.85. The van der Waals surface area contributed by atoms with E-state index in [9.17, 15) is 0 Å². The zero-order valence-corrected chi connectivity index (χ0v) is 9.69. The molecular weight excluding hydrogens is 156 g/mol. The molecule has 0 N–H and O–H groups in total. The standard InChI is InChI=1S/C13H24/c1-6-9-11-13(5,10-7-2)12(4)8-3/h1,12H,7-11H2,2-5H3. The molecular formula is C13H24. The van der Waals surface area contributed by atoms with Crippen molar-refractivity contribution in [2.24, 2.45) is 11.3 Å². The van der Waals surface area contributed by atoms with Gasteiger partial charge in [-0.2, -0.15) is 0 Å². The summed E-state index contributed by atoms with van der Waals surface area (Å²) in [6, 6.07) is 0. The predicted octanol–water partition coefficient (Wildman–Crippen LogP) is 4.25. The Labute approximate surface area is 84.1 Å². The molecule has 0 bridgehead atoms. The molecule has 0 amide bonds. The fourth-order valence-corrected chi connectivity index (χ4v) is 2.04. The molecule has 0 aliphatic heterocycles. The van der Waals surface area contributed by atoms with Crippen molar-refractivity contribution in [2.45, 2.75) is 59.8 Å². The maximum Gasteiger partial charge on any atom is 0.00913 e. The zero-order chi connectivity index (χ0) is 10.3. The summed E-state index contributed by atoms with van der Waals surface area (Å²) in [6.07, 6.45) is 11.3. The summed E-state index contributed by atoms with van der Waals surface area (Å²) in [4.78, 5) is 0. The van der Waals surface area contributed by atoms with Gasteiger partial charge >= 0.3 is 0 Å². The Bertz CT molecular complexity index is 163. The molecule has 0 nitrogen and oxygen atoms in total. The molecule has 0 heterocycles. The Morgan fingerprint density at radius 1 is 1.31 bits per heavy atom. The fraction of sp³-hybridized carbons (Fsp3) is 0.846. The number of hydrogen-bond acceptors (Lipinski definition) is 0. The van der Waals surface area contributed by atoms with Crippen molar-refractivity contribution < 1.29 is 0 Å². The van der Waals surface area contributed by atoms with Gasteiger partial charge in [-0.05, 0) is 24.2 Å². The van der Waals surface area contributed by atoms with Crippen LogP contribution in [0.5, 0.6) is 0 Å². The highest BCUT2D eigenvalue weighted by atomic mass is 14.3. The molecule has 0 radical (unpaired) electrons. The van der Waals surface area contributed by atoms with Crippen LogP contribution in [0.4, 0.5) is 0 Å². The first kappa shape index (κ1) is 12.6. The van der Waals surface area contributed by atoms with Crippen LogP contribution in [0.25, 0.3) is 0 Å². The van der Waals surface area contributed by atoms with Gasteiger partial charge in [0.05, 0.1) is 0 Å². The second kappa shape index (κ2) is 6.08. The summed E-state index contributed by atoms with van der Waals surface area (Å²) >= 11 is 0. The van der Waals surface area contributed by atoms with Crippen molar-refractivity contribution in [2.75, 3.05) is 0 Å². The Kier molecular flexibility index (Phi) is 5.88. The summed E-state index contributed by atoms with van der Waals surface area (Å²) in [6.45, 7) is 9.28. The Hall–Kier alpha value is -0.440. The molecule has 2 unspecified atom stereocenters. The van der Waals surface area contributed by atoms with Gasteiger partial charge in [0, 0.05) is 6.42 Å². The van der Waals surface area contributed by atoms with E-state index in [1.54, 1.807) is 0 Å². The molecule has 13 heavy (non-hydrogen) atoms. The molecule has 0 fully saturated rings. The first-order valence-electron chi connectivity index (χ1n) is 5.54. The van der Waals surface area contributed by atoms with Crippen molar-refractivity contribution in [3.8, 4) is 12.3 Å². The van der Waals surface area contributed by atoms with E-state index in [-0.39, 0.29) is 0 Å². The van der Waals surface area contributed by atoms with Crippen molar-refractivity contribution in [3.05, 3.63) is 0 Å². The minimum absolute atomic E-state index is 0.468. The van der Waals surface area contributed by atoms with E-state index in [2.05, 4.69) is 33.6 Å². The van der Waals surface area contributed by atoms with Gasteiger partial charge < -0.3 is 0 Å². The normalized spacial score (nSPS) is 17.5. The predicted molar refractivity (Wildman–Crippen MR) is 60.5 cm³/mol. The first-order chi connectivity index (χ1) is 6.10. The number of hydrogen-bond donors (Lipinski definition) is 0. The third-order valence-corrected chi connectivity index (χ3v) is 3.46. The Morgan fingerprint density at radius 2 is 1.92 bits per heavy atom. The van der Waals surface area contributed by atoms with Crippen molar-refractivity contribution in [3.63, 3.8) is 0 Å². The van der Waals surface area contributed by atoms with Gasteiger partial charge in [-0.25, -0.2) is 0 Å². The lowest BCUT2D eigenvalue weighted by atomic mass is 9.70. The molecule has 0 aromatic rings. The highest BCUT2D eigenvalue weighted by molar-refractivity contribution is 4.89. The molecule has 76 valence electrons. The van der Waals surface area contributed by atoms with Gasteiger partial charge in [-0.1, -0.05) is 40.5 Å². The van der Waals surface area contributed by atoms with Gasteiger partial charge in [0.25, 0.3) is 0 Å². The number of terminal acetylenes is 1. The molecule has 0 spiro atoms. The van der Waals surface area contributed by atoms with Crippen molar-refractivity contribution in [1.29, 1.82) is 0 Å². The minimum Gasteiger partial charge on any atom is -0.120 e. The monoisotopic (exact) mass is 180 g/mol. The lowest BCUT2D eigenvalue weighted by molar-refractivity contribution is 0.163. The van der Waals surface area contributed by atoms with E-state index in [1.807, 2.05) is 0 Å². The second-order valence-electron chi connectivity index (χ2n) is 4.42. The van der Waals surface area contributed by atoms with Crippen LogP contribution >= 0.6 is 0 Å². The van der Waals surface area contributed by atoms with E-state index in [0.717, 1.165) is 12.3 Å². The Balaban J connectivity index is 4.24. The van der Waals surface area contributed by atoms with Crippen LogP contribution in [0.15, 0.2) is 0 Å². The number of rotatable bonds is 6. The van der Waals surface area contributed by atoms with E-state index in [4.69, 9.17) is 6.42 Å². The summed E-state index contributed by atoms with van der Waals surface area (Å²) in [5.74, 6) is 3.55. The van der Waals surface area contributed by atoms with Crippen LogP contribution in [0, 0.1) is 23.7 Å². The van der Waals surface area contributed by atoms with Crippen LogP contribution in [-0.2, 0) is 0 Å². The molecule has 0 rings (SSSR count). The largest absolute Gasteiger partial charge is 0.120 e. The quantitative estimate of drug-likeness (QED) is 0.536. The molecule has 0 saturated heterocycles. The van der Waals surface area contributed by atoms with Gasteiger partial charge in [0.1, 0.15) is 0 Å². The summed E-state index contributed by atoms with van der Waals surface area (Å²) in [5, 5.41) is 0. The molecule has 0 aromatic carbocycles. The van der Waals surface area contributed by atoms with Crippen LogP contribution in [0.1, 0.15) is 59.8 Å². The highest BCUT2D eigenvalue weighted by Gasteiger charge is 2.27. The van der Waals surface area contributed by atoms with Gasteiger partial charge in [-0.3, -0.25) is 0 Å². The molecule has 2 atom stereocenters. The molecule has 0 aliphatic rings. The van der Waals surface area contributed by atoms with E-state index >= 15 is 0 Å².